The van der Waals surface area contributed by atoms with E-state index in [1.807, 2.05) is 0 Å². The fourth-order valence-electron chi connectivity index (χ4n) is 1.66. The molecular formula is C11H14Cl2N4. The van der Waals surface area contributed by atoms with E-state index in [4.69, 9.17) is 28.9 Å². The second kappa shape index (κ2) is 5.58. The molecule has 1 aromatic carbocycles. The summed E-state index contributed by atoms with van der Waals surface area (Å²) in [6.45, 7) is 1.37. The van der Waals surface area contributed by atoms with Gasteiger partial charge in [-0.25, -0.2) is 0 Å². The third-order valence-electron chi connectivity index (χ3n) is 2.53. The maximum absolute atomic E-state index is 6.06. The molecule has 1 aliphatic rings. The van der Waals surface area contributed by atoms with Crippen LogP contribution in [0.15, 0.2) is 23.2 Å². The van der Waals surface area contributed by atoms with Gasteiger partial charge in [0.2, 0.25) is 0 Å². The number of nitrogens with two attached hydrogens (primary N) is 1. The minimum absolute atomic E-state index is 0.295. The van der Waals surface area contributed by atoms with Gasteiger partial charge in [0.25, 0.3) is 0 Å². The largest absolute Gasteiger partial charge is 0.351 e. The zero-order chi connectivity index (χ0) is 12.3. The summed E-state index contributed by atoms with van der Waals surface area (Å²) >= 11 is 12.1. The molecule has 2 rings (SSSR count). The molecule has 1 aromatic rings. The van der Waals surface area contributed by atoms with E-state index < -0.39 is 0 Å². The van der Waals surface area contributed by atoms with Crippen molar-refractivity contribution < 1.29 is 0 Å². The molecule has 6 heteroatoms. The van der Waals surface area contributed by atoms with E-state index >= 15 is 0 Å². The van der Waals surface area contributed by atoms with E-state index in [9.17, 15) is 0 Å². The SMILES string of the molecule is NCC[C@H]1CN=C(Nc2c(Cl)cccc2Cl)N1. The summed E-state index contributed by atoms with van der Waals surface area (Å²) in [4.78, 5) is 4.33. The van der Waals surface area contributed by atoms with Crippen LogP contribution in [0.2, 0.25) is 10.0 Å². The fraction of sp³-hybridized carbons (Fsp3) is 0.364. The van der Waals surface area contributed by atoms with Gasteiger partial charge in [0.05, 0.1) is 22.3 Å². The van der Waals surface area contributed by atoms with Crippen LogP contribution in [0.25, 0.3) is 0 Å². The Morgan fingerprint density at radius 2 is 2.12 bits per heavy atom. The maximum atomic E-state index is 6.06. The Balaban J connectivity index is 2.03. The Kier molecular flexibility index (Phi) is 4.10. The monoisotopic (exact) mass is 272 g/mol. The van der Waals surface area contributed by atoms with Crippen molar-refractivity contribution in [3.63, 3.8) is 0 Å². The van der Waals surface area contributed by atoms with Crippen molar-refractivity contribution in [2.24, 2.45) is 10.7 Å². The molecule has 92 valence electrons. The zero-order valence-corrected chi connectivity index (χ0v) is 10.7. The average Bonchev–Trinajstić information content (AvgIpc) is 2.72. The van der Waals surface area contributed by atoms with E-state index in [0.29, 0.717) is 34.3 Å². The van der Waals surface area contributed by atoms with Crippen molar-refractivity contribution in [1.82, 2.24) is 5.32 Å². The first-order chi connectivity index (χ1) is 8.20. The Morgan fingerprint density at radius 3 is 2.76 bits per heavy atom. The van der Waals surface area contributed by atoms with Crippen molar-refractivity contribution in [2.75, 3.05) is 18.4 Å². The van der Waals surface area contributed by atoms with Crippen LogP contribution >= 0.6 is 23.2 Å². The van der Waals surface area contributed by atoms with Gasteiger partial charge in [-0.3, -0.25) is 4.99 Å². The molecule has 17 heavy (non-hydrogen) atoms. The molecule has 0 aliphatic carbocycles. The van der Waals surface area contributed by atoms with Crippen LogP contribution in [0.1, 0.15) is 6.42 Å². The highest BCUT2D eigenvalue weighted by Crippen LogP contribution is 2.29. The van der Waals surface area contributed by atoms with Gasteiger partial charge in [-0.1, -0.05) is 29.3 Å². The van der Waals surface area contributed by atoms with E-state index in [1.165, 1.54) is 0 Å². The Hall–Kier alpha value is -0.970. The van der Waals surface area contributed by atoms with Gasteiger partial charge in [0.1, 0.15) is 0 Å². The average molecular weight is 273 g/mol. The number of halogens is 2. The van der Waals surface area contributed by atoms with Crippen LogP contribution in [0.5, 0.6) is 0 Å². The summed E-state index contributed by atoms with van der Waals surface area (Å²) in [5, 5.41) is 7.48. The molecular weight excluding hydrogens is 259 g/mol. The fourth-order valence-corrected chi connectivity index (χ4v) is 2.15. The molecule has 0 amide bonds. The molecule has 0 bridgehead atoms. The maximum Gasteiger partial charge on any atom is 0.196 e. The number of benzene rings is 1. The summed E-state index contributed by atoms with van der Waals surface area (Å²) in [6.07, 6.45) is 0.894. The Morgan fingerprint density at radius 1 is 1.41 bits per heavy atom. The van der Waals surface area contributed by atoms with Gasteiger partial charge in [0, 0.05) is 6.04 Å². The topological polar surface area (TPSA) is 62.4 Å². The van der Waals surface area contributed by atoms with Crippen molar-refractivity contribution >= 4 is 34.8 Å². The summed E-state index contributed by atoms with van der Waals surface area (Å²) in [6, 6.07) is 5.66. The molecule has 1 atom stereocenters. The highest BCUT2D eigenvalue weighted by atomic mass is 35.5. The second-order valence-electron chi connectivity index (χ2n) is 3.83. The summed E-state index contributed by atoms with van der Waals surface area (Å²) < 4.78 is 0. The number of guanidine groups is 1. The van der Waals surface area contributed by atoms with Crippen molar-refractivity contribution in [3.8, 4) is 0 Å². The van der Waals surface area contributed by atoms with Gasteiger partial charge in [-0.2, -0.15) is 0 Å². The summed E-state index contributed by atoms with van der Waals surface area (Å²) in [5.41, 5.74) is 6.18. The van der Waals surface area contributed by atoms with E-state index in [2.05, 4.69) is 15.6 Å². The van der Waals surface area contributed by atoms with Gasteiger partial charge in [-0.15, -0.1) is 0 Å². The lowest BCUT2D eigenvalue weighted by atomic mass is 10.2. The predicted octanol–water partition coefficient (Wildman–Crippen LogP) is 2.08. The van der Waals surface area contributed by atoms with Crippen LogP contribution in [0.3, 0.4) is 0 Å². The quantitative estimate of drug-likeness (QED) is 0.790. The lowest BCUT2D eigenvalue weighted by molar-refractivity contribution is 0.609. The van der Waals surface area contributed by atoms with Crippen LogP contribution in [0.4, 0.5) is 5.69 Å². The Labute approximate surface area is 110 Å². The predicted molar refractivity (Wildman–Crippen MR) is 73.0 cm³/mol. The first kappa shape index (κ1) is 12.5. The van der Waals surface area contributed by atoms with E-state index in [0.717, 1.165) is 13.0 Å². The standard InChI is InChI=1S/C11H14Cl2N4/c12-8-2-1-3-9(13)10(8)17-11-15-6-7(16-11)4-5-14/h1-3,7H,4-6,14H2,(H2,15,16,17)/t7-/m0/s1. The number of hydrogen-bond acceptors (Lipinski definition) is 4. The number of para-hydroxylation sites is 1. The number of hydrogen-bond donors (Lipinski definition) is 3. The number of nitrogens with one attached hydrogen (secondary N) is 2. The number of nitrogens with zero attached hydrogens (tertiary/aromatic N) is 1. The lowest BCUT2D eigenvalue weighted by Crippen LogP contribution is -2.35. The minimum Gasteiger partial charge on any atom is -0.351 e. The van der Waals surface area contributed by atoms with Gasteiger partial charge in [0.15, 0.2) is 5.96 Å². The zero-order valence-electron chi connectivity index (χ0n) is 9.21. The van der Waals surface area contributed by atoms with Gasteiger partial charge < -0.3 is 16.4 Å². The molecule has 0 aromatic heterocycles. The molecule has 0 spiro atoms. The number of aliphatic imine (C=N–C) groups is 1. The molecule has 1 heterocycles. The van der Waals surface area contributed by atoms with Crippen LogP contribution in [-0.2, 0) is 0 Å². The van der Waals surface area contributed by atoms with Crippen molar-refractivity contribution in [2.45, 2.75) is 12.5 Å². The van der Waals surface area contributed by atoms with Crippen LogP contribution in [-0.4, -0.2) is 25.1 Å². The van der Waals surface area contributed by atoms with Crippen molar-refractivity contribution in [3.05, 3.63) is 28.2 Å². The Bertz CT molecular complexity index is 413. The van der Waals surface area contributed by atoms with Crippen LogP contribution in [0, 0.1) is 0 Å². The molecule has 0 radical (unpaired) electrons. The molecule has 0 saturated carbocycles. The molecule has 1 aliphatic heterocycles. The highest BCUT2D eigenvalue weighted by Gasteiger charge is 2.17. The van der Waals surface area contributed by atoms with Crippen LogP contribution < -0.4 is 16.4 Å². The molecule has 0 saturated heterocycles. The third kappa shape index (κ3) is 3.03. The summed E-state index contributed by atoms with van der Waals surface area (Å²) in [7, 11) is 0. The first-order valence-electron chi connectivity index (χ1n) is 5.43. The summed E-state index contributed by atoms with van der Waals surface area (Å²) in [5.74, 6) is 0.693. The normalized spacial score (nSPS) is 18.8. The second-order valence-corrected chi connectivity index (χ2v) is 4.64. The molecule has 4 N–H and O–H groups in total. The van der Waals surface area contributed by atoms with E-state index in [1.54, 1.807) is 18.2 Å². The first-order valence-corrected chi connectivity index (χ1v) is 6.18. The van der Waals surface area contributed by atoms with E-state index in [-0.39, 0.29) is 0 Å². The minimum atomic E-state index is 0.295. The van der Waals surface area contributed by atoms with Gasteiger partial charge >= 0.3 is 0 Å². The smallest absolute Gasteiger partial charge is 0.196 e. The molecule has 4 nitrogen and oxygen atoms in total. The van der Waals surface area contributed by atoms with Crippen molar-refractivity contribution in [1.29, 1.82) is 0 Å². The third-order valence-corrected chi connectivity index (χ3v) is 3.16. The lowest BCUT2D eigenvalue weighted by Gasteiger charge is -2.13. The number of rotatable bonds is 3. The molecule has 0 fully saturated rings. The van der Waals surface area contributed by atoms with Gasteiger partial charge in [-0.05, 0) is 25.1 Å². The molecule has 0 unspecified atom stereocenters. The number of anilines is 1. The highest BCUT2D eigenvalue weighted by molar-refractivity contribution is 6.39.